The standard InChI is InChI=1S/C14H14ClN3O6/c1-24-12(19)7-11-13(20)16-4-5-17(11)14(21)9-3-2-8(18(22)23)6-10(9)15/h2-3,6,11H,4-5,7H2,1H3,(H,16,20). The molecule has 10 heteroatoms. The van der Waals surface area contributed by atoms with Crippen LogP contribution in [0.2, 0.25) is 5.02 Å². The fraction of sp³-hybridized carbons (Fsp3) is 0.357. The molecule has 1 saturated heterocycles. The number of nitrogens with one attached hydrogen (secondary N) is 1. The first kappa shape index (κ1) is 17.7. The summed E-state index contributed by atoms with van der Waals surface area (Å²) in [6, 6.07) is 2.42. The summed E-state index contributed by atoms with van der Waals surface area (Å²) in [5, 5.41) is 13.2. The highest BCUT2D eigenvalue weighted by Gasteiger charge is 2.36. The van der Waals surface area contributed by atoms with E-state index in [9.17, 15) is 24.5 Å². The maximum atomic E-state index is 12.7. The normalized spacial score (nSPS) is 17.2. The number of ether oxygens (including phenoxy) is 1. The number of nitrogens with zero attached hydrogens (tertiary/aromatic N) is 2. The molecule has 0 bridgehead atoms. The van der Waals surface area contributed by atoms with Gasteiger partial charge in [-0.2, -0.15) is 0 Å². The third-order valence-corrected chi connectivity index (χ3v) is 3.89. The van der Waals surface area contributed by atoms with Crippen LogP contribution in [-0.4, -0.2) is 53.8 Å². The summed E-state index contributed by atoms with van der Waals surface area (Å²) in [6.45, 7) is 0.409. The lowest BCUT2D eigenvalue weighted by atomic mass is 10.1. The molecule has 1 atom stereocenters. The van der Waals surface area contributed by atoms with E-state index >= 15 is 0 Å². The molecule has 2 rings (SSSR count). The Morgan fingerprint density at radius 3 is 2.79 bits per heavy atom. The molecular weight excluding hydrogens is 342 g/mol. The van der Waals surface area contributed by atoms with Gasteiger partial charge >= 0.3 is 5.97 Å². The van der Waals surface area contributed by atoms with Crippen molar-refractivity contribution in [3.8, 4) is 0 Å². The zero-order chi connectivity index (χ0) is 17.9. The number of halogens is 1. The first-order valence-corrected chi connectivity index (χ1v) is 7.32. The molecule has 0 aromatic heterocycles. The fourth-order valence-electron chi connectivity index (χ4n) is 2.35. The minimum absolute atomic E-state index is 0.0202. The number of carbonyl (C=O) groups excluding carboxylic acids is 3. The summed E-state index contributed by atoms with van der Waals surface area (Å²) < 4.78 is 4.54. The average Bonchev–Trinajstić information content (AvgIpc) is 2.55. The zero-order valence-corrected chi connectivity index (χ0v) is 13.4. The van der Waals surface area contributed by atoms with Crippen molar-refractivity contribution in [2.45, 2.75) is 12.5 Å². The maximum Gasteiger partial charge on any atom is 0.308 e. The summed E-state index contributed by atoms with van der Waals surface area (Å²) in [7, 11) is 1.18. The van der Waals surface area contributed by atoms with Crippen molar-refractivity contribution in [1.82, 2.24) is 10.2 Å². The number of hydrogen-bond acceptors (Lipinski definition) is 6. The second-order valence-corrected chi connectivity index (χ2v) is 5.41. The number of benzene rings is 1. The van der Waals surface area contributed by atoms with Crippen molar-refractivity contribution in [3.63, 3.8) is 0 Å². The van der Waals surface area contributed by atoms with Crippen LogP contribution in [0.1, 0.15) is 16.8 Å². The first-order chi connectivity index (χ1) is 11.3. The van der Waals surface area contributed by atoms with Crippen LogP contribution in [0.15, 0.2) is 18.2 Å². The van der Waals surface area contributed by atoms with Crippen LogP contribution in [0.25, 0.3) is 0 Å². The number of esters is 1. The predicted octanol–water partition coefficient (Wildman–Crippen LogP) is 0.752. The number of nitro benzene ring substituents is 1. The van der Waals surface area contributed by atoms with E-state index in [1.165, 1.54) is 18.1 Å². The van der Waals surface area contributed by atoms with Crippen molar-refractivity contribution in [2.24, 2.45) is 0 Å². The molecule has 24 heavy (non-hydrogen) atoms. The Hall–Kier alpha value is -2.68. The van der Waals surface area contributed by atoms with Crippen LogP contribution in [-0.2, 0) is 14.3 Å². The minimum Gasteiger partial charge on any atom is -0.469 e. The van der Waals surface area contributed by atoms with Gasteiger partial charge in [0.25, 0.3) is 11.6 Å². The van der Waals surface area contributed by atoms with Crippen LogP contribution >= 0.6 is 11.6 Å². The van der Waals surface area contributed by atoms with Gasteiger partial charge in [0.2, 0.25) is 5.91 Å². The summed E-state index contributed by atoms with van der Waals surface area (Å²) in [6.07, 6.45) is -0.293. The van der Waals surface area contributed by atoms with Gasteiger partial charge in [0.05, 0.1) is 29.0 Å². The van der Waals surface area contributed by atoms with E-state index in [0.29, 0.717) is 0 Å². The smallest absolute Gasteiger partial charge is 0.308 e. The summed E-state index contributed by atoms with van der Waals surface area (Å²) in [4.78, 5) is 47.4. The minimum atomic E-state index is -1.02. The van der Waals surface area contributed by atoms with Crippen LogP contribution in [0.4, 0.5) is 5.69 Å². The molecule has 2 amide bonds. The van der Waals surface area contributed by atoms with E-state index < -0.39 is 28.7 Å². The van der Waals surface area contributed by atoms with Crippen LogP contribution in [0.5, 0.6) is 0 Å². The summed E-state index contributed by atoms with van der Waals surface area (Å²) in [5.74, 6) is -1.69. The second kappa shape index (κ2) is 7.26. The molecule has 9 nitrogen and oxygen atoms in total. The summed E-state index contributed by atoms with van der Waals surface area (Å²) >= 11 is 5.96. The Morgan fingerprint density at radius 2 is 2.21 bits per heavy atom. The summed E-state index contributed by atoms with van der Waals surface area (Å²) in [5.41, 5.74) is -0.231. The van der Waals surface area contributed by atoms with Crippen LogP contribution in [0, 0.1) is 10.1 Å². The van der Waals surface area contributed by atoms with Crippen molar-refractivity contribution in [2.75, 3.05) is 20.2 Å². The Kier molecular flexibility index (Phi) is 5.35. The van der Waals surface area contributed by atoms with E-state index in [0.717, 1.165) is 12.1 Å². The molecule has 0 saturated carbocycles. The molecule has 0 radical (unpaired) electrons. The Morgan fingerprint density at radius 1 is 1.50 bits per heavy atom. The number of non-ortho nitro benzene ring substituents is 1. The van der Waals surface area contributed by atoms with Crippen LogP contribution < -0.4 is 5.32 Å². The molecule has 1 aliphatic rings. The van der Waals surface area contributed by atoms with Gasteiger partial charge in [0, 0.05) is 25.2 Å². The number of rotatable bonds is 4. The number of carbonyl (C=O) groups is 3. The Labute approximate surface area is 141 Å². The molecule has 1 aliphatic heterocycles. The number of methoxy groups -OCH3 is 1. The molecular formula is C14H14ClN3O6. The predicted molar refractivity (Wildman–Crippen MR) is 82.6 cm³/mol. The van der Waals surface area contributed by atoms with Gasteiger partial charge in [-0.25, -0.2) is 0 Å². The van der Waals surface area contributed by atoms with Crippen molar-refractivity contribution in [3.05, 3.63) is 38.9 Å². The largest absolute Gasteiger partial charge is 0.469 e. The lowest BCUT2D eigenvalue weighted by molar-refractivity contribution is -0.384. The van der Waals surface area contributed by atoms with E-state index in [1.807, 2.05) is 0 Å². The second-order valence-electron chi connectivity index (χ2n) is 5.01. The van der Waals surface area contributed by atoms with Crippen molar-refractivity contribution >= 4 is 35.1 Å². The number of nitro groups is 1. The monoisotopic (exact) mass is 355 g/mol. The molecule has 128 valence electrons. The van der Waals surface area contributed by atoms with Crippen molar-refractivity contribution in [1.29, 1.82) is 0 Å². The molecule has 1 fully saturated rings. The maximum absolute atomic E-state index is 12.7. The molecule has 1 heterocycles. The highest BCUT2D eigenvalue weighted by atomic mass is 35.5. The van der Waals surface area contributed by atoms with Crippen LogP contribution in [0.3, 0.4) is 0 Å². The van der Waals surface area contributed by atoms with E-state index in [-0.39, 0.29) is 35.8 Å². The van der Waals surface area contributed by atoms with Gasteiger partial charge in [0.1, 0.15) is 6.04 Å². The number of hydrogen-bond donors (Lipinski definition) is 1. The topological polar surface area (TPSA) is 119 Å². The molecule has 1 N–H and O–H groups in total. The van der Waals surface area contributed by atoms with Gasteiger partial charge in [-0.1, -0.05) is 11.6 Å². The Bertz CT molecular complexity index is 708. The average molecular weight is 356 g/mol. The quantitative estimate of drug-likeness (QED) is 0.483. The third-order valence-electron chi connectivity index (χ3n) is 3.57. The molecule has 1 unspecified atom stereocenters. The lowest BCUT2D eigenvalue weighted by Crippen LogP contribution is -2.57. The molecule has 1 aromatic carbocycles. The number of amides is 2. The van der Waals surface area contributed by atoms with E-state index in [4.69, 9.17) is 11.6 Å². The number of piperazine rings is 1. The van der Waals surface area contributed by atoms with Gasteiger partial charge in [0.15, 0.2) is 0 Å². The highest BCUT2D eigenvalue weighted by Crippen LogP contribution is 2.25. The Balaban J connectivity index is 2.30. The molecule has 1 aromatic rings. The van der Waals surface area contributed by atoms with Gasteiger partial charge < -0.3 is 15.0 Å². The highest BCUT2D eigenvalue weighted by molar-refractivity contribution is 6.34. The first-order valence-electron chi connectivity index (χ1n) is 6.94. The van der Waals surface area contributed by atoms with E-state index in [1.54, 1.807) is 0 Å². The van der Waals surface area contributed by atoms with Gasteiger partial charge in [-0.15, -0.1) is 0 Å². The third kappa shape index (κ3) is 3.62. The fourth-order valence-corrected chi connectivity index (χ4v) is 2.60. The van der Waals surface area contributed by atoms with E-state index in [2.05, 4.69) is 10.1 Å². The molecule has 0 aliphatic carbocycles. The van der Waals surface area contributed by atoms with Gasteiger partial charge in [-0.3, -0.25) is 24.5 Å². The molecule has 0 spiro atoms. The SMILES string of the molecule is COC(=O)CC1C(=O)NCCN1C(=O)c1ccc([N+](=O)[O-])cc1Cl. The lowest BCUT2D eigenvalue weighted by Gasteiger charge is -2.34. The zero-order valence-electron chi connectivity index (χ0n) is 12.7. The van der Waals surface area contributed by atoms with Crippen molar-refractivity contribution < 1.29 is 24.0 Å². The van der Waals surface area contributed by atoms with Gasteiger partial charge in [-0.05, 0) is 6.07 Å².